The van der Waals surface area contributed by atoms with Crippen molar-refractivity contribution in [2.75, 3.05) is 19.6 Å². The highest BCUT2D eigenvalue weighted by Gasteiger charge is 2.36. The Kier molecular flexibility index (Phi) is 4.45. The van der Waals surface area contributed by atoms with Crippen LogP contribution in [0.1, 0.15) is 25.0 Å². The van der Waals surface area contributed by atoms with E-state index >= 15 is 0 Å². The van der Waals surface area contributed by atoms with E-state index in [1.54, 1.807) is 12.1 Å². The molecule has 1 amide bonds. The molecule has 5 heteroatoms. The molecular formula is C14H19ClN2O2. The second-order valence-corrected chi connectivity index (χ2v) is 5.64. The van der Waals surface area contributed by atoms with Crippen molar-refractivity contribution in [2.45, 2.75) is 19.4 Å². The molecule has 1 aromatic rings. The summed E-state index contributed by atoms with van der Waals surface area (Å²) in [6, 6.07) is 7.11. The maximum Gasteiger partial charge on any atom is 0.227 e. The fourth-order valence-electron chi connectivity index (χ4n) is 2.27. The average molecular weight is 283 g/mol. The van der Waals surface area contributed by atoms with Crippen LogP contribution >= 0.6 is 11.6 Å². The maximum atomic E-state index is 12.1. The summed E-state index contributed by atoms with van der Waals surface area (Å²) in [5, 5.41) is 16.6. The third-order valence-corrected chi connectivity index (χ3v) is 3.98. The highest BCUT2D eigenvalue weighted by atomic mass is 35.5. The van der Waals surface area contributed by atoms with Crippen LogP contribution in [0.15, 0.2) is 24.3 Å². The molecule has 0 bridgehead atoms. The summed E-state index contributed by atoms with van der Waals surface area (Å²) >= 11 is 6.01. The zero-order chi connectivity index (χ0) is 13.9. The maximum absolute atomic E-state index is 12.1. The third kappa shape index (κ3) is 3.26. The van der Waals surface area contributed by atoms with Crippen molar-refractivity contribution < 1.29 is 9.90 Å². The largest absolute Gasteiger partial charge is 0.387 e. The molecule has 0 aromatic heterocycles. The third-order valence-electron chi connectivity index (χ3n) is 3.64. The molecule has 104 valence electrons. The molecule has 4 nitrogen and oxygen atoms in total. The van der Waals surface area contributed by atoms with Crippen LogP contribution in [-0.2, 0) is 4.79 Å². The number of amides is 1. The zero-order valence-electron chi connectivity index (χ0n) is 10.9. The number of hydrogen-bond acceptors (Lipinski definition) is 3. The summed E-state index contributed by atoms with van der Waals surface area (Å²) in [6.07, 6.45) is 0.0386. The molecule has 0 radical (unpaired) electrons. The van der Waals surface area contributed by atoms with E-state index in [0.29, 0.717) is 17.1 Å². The van der Waals surface area contributed by atoms with Crippen molar-refractivity contribution in [3.8, 4) is 0 Å². The van der Waals surface area contributed by atoms with Crippen molar-refractivity contribution >= 4 is 17.5 Å². The summed E-state index contributed by atoms with van der Waals surface area (Å²) in [7, 11) is 0. The van der Waals surface area contributed by atoms with Gasteiger partial charge < -0.3 is 15.7 Å². The van der Waals surface area contributed by atoms with E-state index in [9.17, 15) is 9.90 Å². The SMILES string of the molecule is CC1(C(=O)NCC(O)c2ccccc2Cl)CCNC1. The number of halogens is 1. The van der Waals surface area contributed by atoms with Gasteiger partial charge in [-0.1, -0.05) is 29.8 Å². The Hall–Kier alpha value is -1.10. The molecule has 0 aliphatic carbocycles. The number of benzene rings is 1. The quantitative estimate of drug-likeness (QED) is 0.784. The van der Waals surface area contributed by atoms with Crippen LogP contribution in [0.25, 0.3) is 0 Å². The van der Waals surface area contributed by atoms with Gasteiger partial charge in [-0.2, -0.15) is 0 Å². The Morgan fingerprint density at radius 3 is 2.95 bits per heavy atom. The first-order valence-corrected chi connectivity index (χ1v) is 6.82. The molecule has 2 unspecified atom stereocenters. The molecule has 1 aliphatic heterocycles. The Labute approximate surface area is 118 Å². The summed E-state index contributed by atoms with van der Waals surface area (Å²) in [5.41, 5.74) is 0.263. The van der Waals surface area contributed by atoms with Gasteiger partial charge in [0.25, 0.3) is 0 Å². The van der Waals surface area contributed by atoms with E-state index in [0.717, 1.165) is 13.0 Å². The lowest BCUT2D eigenvalue weighted by molar-refractivity contribution is -0.129. The van der Waals surface area contributed by atoms with E-state index < -0.39 is 6.10 Å². The first-order valence-electron chi connectivity index (χ1n) is 6.44. The van der Waals surface area contributed by atoms with Crippen LogP contribution in [-0.4, -0.2) is 30.6 Å². The van der Waals surface area contributed by atoms with Crippen molar-refractivity contribution in [3.05, 3.63) is 34.9 Å². The van der Waals surface area contributed by atoms with Gasteiger partial charge >= 0.3 is 0 Å². The fraction of sp³-hybridized carbons (Fsp3) is 0.500. The van der Waals surface area contributed by atoms with Gasteiger partial charge in [0.2, 0.25) is 5.91 Å². The van der Waals surface area contributed by atoms with Crippen molar-refractivity contribution in [1.29, 1.82) is 0 Å². The topological polar surface area (TPSA) is 61.4 Å². The van der Waals surface area contributed by atoms with Crippen LogP contribution in [0.4, 0.5) is 0 Å². The van der Waals surface area contributed by atoms with Gasteiger partial charge in [0, 0.05) is 23.7 Å². The van der Waals surface area contributed by atoms with Gasteiger partial charge in [-0.05, 0) is 26.0 Å². The molecule has 1 aliphatic rings. The number of nitrogens with one attached hydrogen (secondary N) is 2. The minimum absolute atomic E-state index is 0.0244. The van der Waals surface area contributed by atoms with Gasteiger partial charge in [-0.15, -0.1) is 0 Å². The average Bonchev–Trinajstić information content (AvgIpc) is 2.84. The molecule has 0 spiro atoms. The first kappa shape index (κ1) is 14.3. The number of carbonyl (C=O) groups excluding carboxylic acids is 1. The van der Waals surface area contributed by atoms with Gasteiger partial charge in [0.15, 0.2) is 0 Å². The second kappa shape index (κ2) is 5.90. The molecule has 0 saturated carbocycles. The molecule has 1 saturated heterocycles. The second-order valence-electron chi connectivity index (χ2n) is 5.23. The van der Waals surface area contributed by atoms with E-state index in [4.69, 9.17) is 11.6 Å². The lowest BCUT2D eigenvalue weighted by Crippen LogP contribution is -2.42. The Balaban J connectivity index is 1.92. The Morgan fingerprint density at radius 1 is 1.58 bits per heavy atom. The lowest BCUT2D eigenvalue weighted by Gasteiger charge is -2.23. The summed E-state index contributed by atoms with van der Waals surface area (Å²) in [5.74, 6) is -0.0244. The highest BCUT2D eigenvalue weighted by molar-refractivity contribution is 6.31. The number of aliphatic hydroxyl groups excluding tert-OH is 1. The first-order chi connectivity index (χ1) is 9.03. The Morgan fingerprint density at radius 2 is 2.32 bits per heavy atom. The van der Waals surface area contributed by atoms with Crippen LogP contribution < -0.4 is 10.6 Å². The smallest absolute Gasteiger partial charge is 0.227 e. The lowest BCUT2D eigenvalue weighted by atomic mass is 9.89. The monoisotopic (exact) mass is 282 g/mol. The predicted molar refractivity (Wildman–Crippen MR) is 75.0 cm³/mol. The van der Waals surface area contributed by atoms with Gasteiger partial charge in [0.1, 0.15) is 0 Å². The molecule has 2 rings (SSSR count). The molecule has 1 aromatic carbocycles. The summed E-state index contributed by atoms with van der Waals surface area (Å²) in [4.78, 5) is 12.1. The number of hydrogen-bond donors (Lipinski definition) is 3. The van der Waals surface area contributed by atoms with Gasteiger partial charge in [-0.25, -0.2) is 0 Å². The van der Waals surface area contributed by atoms with Crippen LogP contribution in [0.5, 0.6) is 0 Å². The van der Waals surface area contributed by atoms with E-state index in [1.807, 2.05) is 19.1 Å². The van der Waals surface area contributed by atoms with Gasteiger partial charge in [-0.3, -0.25) is 4.79 Å². The van der Waals surface area contributed by atoms with Crippen LogP contribution in [0.3, 0.4) is 0 Å². The van der Waals surface area contributed by atoms with E-state index in [1.165, 1.54) is 0 Å². The molecular weight excluding hydrogens is 264 g/mol. The van der Waals surface area contributed by atoms with E-state index in [-0.39, 0.29) is 17.9 Å². The Bertz CT molecular complexity index is 459. The number of aliphatic hydroxyl groups is 1. The molecule has 1 fully saturated rings. The predicted octanol–water partition coefficient (Wildman–Crippen LogP) is 1.49. The zero-order valence-corrected chi connectivity index (χ0v) is 11.7. The minimum Gasteiger partial charge on any atom is -0.387 e. The molecule has 2 atom stereocenters. The van der Waals surface area contributed by atoms with Crippen molar-refractivity contribution in [2.24, 2.45) is 5.41 Å². The van der Waals surface area contributed by atoms with Gasteiger partial charge in [0.05, 0.1) is 11.5 Å². The summed E-state index contributed by atoms with van der Waals surface area (Å²) < 4.78 is 0. The number of carbonyl (C=O) groups is 1. The van der Waals surface area contributed by atoms with Crippen LogP contribution in [0.2, 0.25) is 5.02 Å². The molecule has 19 heavy (non-hydrogen) atoms. The van der Waals surface area contributed by atoms with Crippen LogP contribution in [0, 0.1) is 5.41 Å². The normalized spacial score (nSPS) is 24.2. The fourth-order valence-corrected chi connectivity index (χ4v) is 2.53. The van der Waals surface area contributed by atoms with E-state index in [2.05, 4.69) is 10.6 Å². The summed E-state index contributed by atoms with van der Waals surface area (Å²) in [6.45, 7) is 3.65. The number of rotatable bonds is 4. The van der Waals surface area contributed by atoms with Crippen molar-refractivity contribution in [1.82, 2.24) is 10.6 Å². The molecule has 3 N–H and O–H groups in total. The standard InChI is InChI=1S/C14H19ClN2O2/c1-14(6-7-16-9-14)13(19)17-8-12(18)10-4-2-3-5-11(10)15/h2-5,12,16,18H,6-9H2,1H3,(H,17,19). The highest BCUT2D eigenvalue weighted by Crippen LogP contribution is 2.25. The van der Waals surface area contributed by atoms with Crippen molar-refractivity contribution in [3.63, 3.8) is 0 Å². The minimum atomic E-state index is -0.782. The molecule has 1 heterocycles.